The molecule has 13 heteroatoms. The monoisotopic (exact) mass is 528 g/mol. The lowest BCUT2D eigenvalue weighted by Crippen LogP contribution is -2.45. The number of carboxylic acid groups (broad SMARTS) is 2. The highest BCUT2D eigenvalue weighted by Crippen LogP contribution is 2.45. The van der Waals surface area contributed by atoms with Crippen LogP contribution in [0.1, 0.15) is 27.0 Å². The second-order valence-corrected chi connectivity index (χ2v) is 8.24. The number of benzene rings is 3. The molecular formula is C25H19F3N4O6. The Morgan fingerprint density at radius 2 is 1.66 bits per heavy atom. The van der Waals surface area contributed by atoms with E-state index in [1.165, 1.54) is 4.90 Å². The Bertz CT molecular complexity index is 1550. The summed E-state index contributed by atoms with van der Waals surface area (Å²) < 4.78 is 31.7. The Balaban J connectivity index is 0.000000426. The van der Waals surface area contributed by atoms with Gasteiger partial charge in [0.25, 0.3) is 5.91 Å². The average Bonchev–Trinajstić information content (AvgIpc) is 3.35. The van der Waals surface area contributed by atoms with E-state index in [2.05, 4.69) is 15.3 Å². The van der Waals surface area contributed by atoms with Crippen molar-refractivity contribution in [2.45, 2.75) is 18.8 Å². The third-order valence-corrected chi connectivity index (χ3v) is 5.71. The molecule has 1 aliphatic heterocycles. The third-order valence-electron chi connectivity index (χ3n) is 5.71. The van der Waals surface area contributed by atoms with E-state index in [4.69, 9.17) is 15.0 Å². The maximum atomic E-state index is 13.3. The van der Waals surface area contributed by atoms with E-state index >= 15 is 0 Å². The molecule has 0 saturated heterocycles. The number of carbonyl (C=O) groups excluding carboxylic acids is 1. The van der Waals surface area contributed by atoms with E-state index in [1.54, 1.807) is 54.6 Å². The van der Waals surface area contributed by atoms with E-state index in [9.17, 15) is 27.9 Å². The highest BCUT2D eigenvalue weighted by molar-refractivity contribution is 6.12. The number of carbonyl (C=O) groups is 3. The minimum absolute atomic E-state index is 0.0740. The van der Waals surface area contributed by atoms with Crippen LogP contribution in [0.5, 0.6) is 0 Å². The fourth-order valence-electron chi connectivity index (χ4n) is 4.03. The molecule has 1 unspecified atom stereocenters. The summed E-state index contributed by atoms with van der Waals surface area (Å²) in [5.41, 5.74) is 2.22. The van der Waals surface area contributed by atoms with Gasteiger partial charge in [-0.2, -0.15) is 13.2 Å². The van der Waals surface area contributed by atoms with Crippen molar-refractivity contribution in [1.82, 2.24) is 9.97 Å². The highest BCUT2D eigenvalue weighted by Gasteiger charge is 2.50. The van der Waals surface area contributed by atoms with Crippen molar-refractivity contribution < 1.29 is 42.9 Å². The third kappa shape index (κ3) is 4.74. The van der Waals surface area contributed by atoms with Gasteiger partial charge in [0.15, 0.2) is 5.72 Å². The number of anilines is 2. The molecule has 0 saturated carbocycles. The van der Waals surface area contributed by atoms with Gasteiger partial charge in [-0.15, -0.1) is 0 Å². The number of imidazole rings is 1. The Morgan fingerprint density at radius 1 is 1.03 bits per heavy atom. The van der Waals surface area contributed by atoms with Crippen molar-refractivity contribution in [2.75, 3.05) is 10.2 Å². The summed E-state index contributed by atoms with van der Waals surface area (Å²) in [4.78, 5) is 41.6. The van der Waals surface area contributed by atoms with E-state index in [1.807, 2.05) is 19.1 Å². The minimum atomic E-state index is -5.08. The Labute approximate surface area is 212 Å². The van der Waals surface area contributed by atoms with Gasteiger partial charge in [-0.05, 0) is 37.3 Å². The van der Waals surface area contributed by atoms with Gasteiger partial charge in [0.05, 0.1) is 11.0 Å². The van der Waals surface area contributed by atoms with E-state index in [-0.39, 0.29) is 11.9 Å². The number of nitrogens with one attached hydrogen (secondary N) is 2. The van der Waals surface area contributed by atoms with E-state index < -0.39 is 24.0 Å². The molecule has 3 aromatic carbocycles. The average molecular weight is 528 g/mol. The van der Waals surface area contributed by atoms with Gasteiger partial charge in [0.2, 0.25) is 5.95 Å². The van der Waals surface area contributed by atoms with Crippen molar-refractivity contribution >= 4 is 40.6 Å². The zero-order valence-corrected chi connectivity index (χ0v) is 19.4. The number of nitrogens with zero attached hydrogens (tertiary/aromatic N) is 2. The maximum Gasteiger partial charge on any atom is 0.490 e. The molecule has 196 valence electrons. The van der Waals surface area contributed by atoms with E-state index in [0.717, 1.165) is 5.56 Å². The van der Waals surface area contributed by atoms with Crippen LogP contribution < -0.4 is 10.2 Å². The number of H-pyrrole nitrogens is 1. The Hall–Kier alpha value is -4.91. The molecule has 4 aromatic rings. The van der Waals surface area contributed by atoms with Crippen LogP contribution in [-0.2, 0) is 10.5 Å². The number of aromatic amines is 1. The molecule has 1 atom stereocenters. The predicted molar refractivity (Wildman–Crippen MR) is 129 cm³/mol. The lowest BCUT2D eigenvalue weighted by atomic mass is 9.93. The lowest BCUT2D eigenvalue weighted by Gasteiger charge is -2.35. The highest BCUT2D eigenvalue weighted by atomic mass is 19.4. The number of aryl methyl sites for hydroxylation is 1. The number of fused-ring (bicyclic) bond motifs is 2. The maximum absolute atomic E-state index is 13.3. The molecule has 10 nitrogen and oxygen atoms in total. The van der Waals surface area contributed by atoms with Gasteiger partial charge in [0.1, 0.15) is 0 Å². The van der Waals surface area contributed by atoms with Gasteiger partial charge in [0, 0.05) is 22.4 Å². The smallest absolute Gasteiger partial charge is 0.475 e. The van der Waals surface area contributed by atoms with Crippen LogP contribution in [0.3, 0.4) is 0 Å². The number of halogens is 3. The van der Waals surface area contributed by atoms with Gasteiger partial charge >= 0.3 is 18.2 Å². The second-order valence-electron chi connectivity index (χ2n) is 8.24. The summed E-state index contributed by atoms with van der Waals surface area (Å²) >= 11 is 0. The summed E-state index contributed by atoms with van der Waals surface area (Å²) in [6.07, 6.45) is -6.32. The summed E-state index contributed by atoms with van der Waals surface area (Å²) in [5, 5.41) is 30.3. The number of amides is 2. The zero-order chi connectivity index (χ0) is 27.8. The number of hydrogen-bond acceptors (Lipinski definition) is 5. The zero-order valence-electron chi connectivity index (χ0n) is 19.4. The summed E-state index contributed by atoms with van der Waals surface area (Å²) in [5.74, 6) is -2.99. The van der Waals surface area contributed by atoms with Crippen molar-refractivity contribution in [2.24, 2.45) is 0 Å². The molecular weight excluding hydrogens is 509 g/mol. The molecule has 1 aliphatic rings. The number of alkyl halides is 3. The molecule has 0 spiro atoms. The van der Waals surface area contributed by atoms with Crippen LogP contribution in [0, 0.1) is 6.92 Å². The van der Waals surface area contributed by atoms with Gasteiger partial charge in [-0.1, -0.05) is 42.0 Å². The Morgan fingerprint density at radius 3 is 2.26 bits per heavy atom. The molecule has 1 aromatic heterocycles. The number of rotatable bonds is 3. The van der Waals surface area contributed by atoms with Gasteiger partial charge < -0.3 is 20.3 Å². The summed E-state index contributed by atoms with van der Waals surface area (Å²) in [6, 6.07) is 19.4. The van der Waals surface area contributed by atoms with Crippen LogP contribution in [0.4, 0.5) is 29.6 Å². The van der Waals surface area contributed by atoms with Crippen molar-refractivity contribution in [3.63, 3.8) is 0 Å². The van der Waals surface area contributed by atoms with Crippen molar-refractivity contribution in [1.29, 1.82) is 0 Å². The standard InChI is InChI=1S/C23H18N4O4.C2HF3O2/c1-13-6-9-15(10-7-13)27-20(28)16-4-2-3-5-17(16)23(27,31)14-8-11-18-19(12-14)25-21(24-18)26-22(29)30;3-2(4,5)1(6)7/h2-12,31H,1H3,(H,29,30)(H2,24,25,26);(H,6,7). The minimum Gasteiger partial charge on any atom is -0.475 e. The molecule has 5 rings (SSSR count). The first-order chi connectivity index (χ1) is 17.8. The molecule has 0 radical (unpaired) electrons. The largest absolute Gasteiger partial charge is 0.490 e. The van der Waals surface area contributed by atoms with Crippen molar-refractivity contribution in [3.8, 4) is 0 Å². The SMILES string of the molecule is Cc1ccc(N2C(=O)c3ccccc3C2(O)c2ccc3[nH]c(NC(=O)O)nc3c2)cc1.O=C(O)C(F)(F)F. The first-order valence-corrected chi connectivity index (χ1v) is 10.9. The van der Waals surface area contributed by atoms with Gasteiger partial charge in [-0.25, -0.2) is 14.6 Å². The lowest BCUT2D eigenvalue weighted by molar-refractivity contribution is -0.192. The Kier molecular flexibility index (Phi) is 6.55. The molecule has 2 heterocycles. The predicted octanol–water partition coefficient (Wildman–Crippen LogP) is 4.45. The van der Waals surface area contributed by atoms with E-state index in [0.29, 0.717) is 33.4 Å². The number of aliphatic carboxylic acids is 1. The number of aromatic nitrogens is 2. The molecule has 5 N–H and O–H groups in total. The molecule has 38 heavy (non-hydrogen) atoms. The first-order valence-electron chi connectivity index (χ1n) is 10.9. The number of carboxylic acids is 1. The van der Waals surface area contributed by atoms with Crippen LogP contribution in [0.2, 0.25) is 0 Å². The molecule has 0 aliphatic carbocycles. The van der Waals surface area contributed by atoms with Crippen LogP contribution in [0.25, 0.3) is 11.0 Å². The van der Waals surface area contributed by atoms with Crippen LogP contribution in [-0.4, -0.2) is 49.4 Å². The van der Waals surface area contributed by atoms with Crippen LogP contribution >= 0.6 is 0 Å². The molecule has 0 bridgehead atoms. The second kappa shape index (κ2) is 9.52. The normalized spacial score (nSPS) is 16.6. The van der Waals surface area contributed by atoms with Crippen LogP contribution in [0.15, 0.2) is 66.7 Å². The molecule has 2 amide bonds. The summed E-state index contributed by atoms with van der Waals surface area (Å²) in [6.45, 7) is 1.95. The number of aliphatic hydroxyl groups is 1. The van der Waals surface area contributed by atoms with Crippen molar-refractivity contribution in [3.05, 3.63) is 89.0 Å². The number of hydrogen-bond donors (Lipinski definition) is 5. The quantitative estimate of drug-likeness (QED) is 0.263. The fourth-order valence-corrected chi connectivity index (χ4v) is 4.03. The fraction of sp³-hybridized carbons (Fsp3) is 0.120. The topological polar surface area (TPSA) is 156 Å². The first kappa shape index (κ1) is 26.2. The van der Waals surface area contributed by atoms with Gasteiger partial charge in [-0.3, -0.25) is 15.0 Å². The summed E-state index contributed by atoms with van der Waals surface area (Å²) in [7, 11) is 0. The molecule has 0 fully saturated rings.